The van der Waals surface area contributed by atoms with Gasteiger partial charge in [-0.1, -0.05) is 54.4 Å². The molecule has 1 rings (SSSR count). The van der Waals surface area contributed by atoms with E-state index in [1.807, 2.05) is 27.7 Å². The largest absolute Gasteiger partial charge is 0.176 e. The van der Waals surface area contributed by atoms with Crippen LogP contribution in [0, 0.1) is 11.8 Å². The second-order valence-corrected chi connectivity index (χ2v) is 5.33. The van der Waals surface area contributed by atoms with Crippen LogP contribution in [0.3, 0.4) is 0 Å². The number of hydrogen-bond donors (Lipinski definition) is 2. The van der Waals surface area contributed by atoms with Gasteiger partial charge >= 0.3 is 0 Å². The van der Waals surface area contributed by atoms with E-state index in [0.717, 1.165) is 11.8 Å². The van der Waals surface area contributed by atoms with Gasteiger partial charge in [-0.3, -0.25) is 0 Å². The summed E-state index contributed by atoms with van der Waals surface area (Å²) in [7, 11) is 0. The lowest BCUT2D eigenvalue weighted by Gasteiger charge is -2.37. The molecule has 0 aromatic carbocycles. The van der Waals surface area contributed by atoms with Gasteiger partial charge in [0.15, 0.2) is 0 Å². The number of thiol groups is 2. The summed E-state index contributed by atoms with van der Waals surface area (Å²) in [5.41, 5.74) is 0. The summed E-state index contributed by atoms with van der Waals surface area (Å²) in [6.07, 6.45) is 5.08. The zero-order valence-corrected chi connectivity index (χ0v) is 13.8. The summed E-state index contributed by atoms with van der Waals surface area (Å²) >= 11 is 9.22. The van der Waals surface area contributed by atoms with E-state index >= 15 is 0 Å². The predicted molar refractivity (Wildman–Crippen MR) is 85.0 cm³/mol. The summed E-state index contributed by atoms with van der Waals surface area (Å²) < 4.78 is 0. The van der Waals surface area contributed by atoms with Crippen LogP contribution in [-0.2, 0) is 0 Å². The Morgan fingerprint density at radius 1 is 0.875 bits per heavy atom. The highest BCUT2D eigenvalue weighted by Crippen LogP contribution is 2.39. The van der Waals surface area contributed by atoms with Crippen LogP contribution in [0.2, 0.25) is 0 Å². The molecule has 4 unspecified atom stereocenters. The van der Waals surface area contributed by atoms with E-state index in [1.165, 1.54) is 25.7 Å². The molecule has 16 heavy (non-hydrogen) atoms. The lowest BCUT2D eigenvalue weighted by atomic mass is 9.76. The molecule has 1 aliphatic carbocycles. The second-order valence-electron chi connectivity index (χ2n) is 3.93. The molecule has 2 heteroatoms. The standard InChI is InChI=1S/C10H20S2.2C2H6/c1-3-7-5-8(11)6-10(12)9(7)4-2;2*1-2/h7-12H,3-6H2,1-2H3;2*1-2H3. The normalized spacial score (nSPS) is 33.0. The van der Waals surface area contributed by atoms with Crippen molar-refractivity contribution in [2.75, 3.05) is 0 Å². The Morgan fingerprint density at radius 2 is 1.38 bits per heavy atom. The van der Waals surface area contributed by atoms with Crippen LogP contribution < -0.4 is 0 Å². The lowest BCUT2D eigenvalue weighted by molar-refractivity contribution is 0.239. The van der Waals surface area contributed by atoms with Gasteiger partial charge in [-0.05, 0) is 24.7 Å². The third-order valence-electron chi connectivity index (χ3n) is 3.18. The topological polar surface area (TPSA) is 0 Å². The van der Waals surface area contributed by atoms with Crippen LogP contribution >= 0.6 is 25.3 Å². The third-order valence-corrected chi connectivity index (χ3v) is 4.20. The highest BCUT2D eigenvalue weighted by molar-refractivity contribution is 7.82. The third kappa shape index (κ3) is 6.44. The average Bonchev–Trinajstić information content (AvgIpc) is 2.33. The fraction of sp³-hybridized carbons (Fsp3) is 1.00. The van der Waals surface area contributed by atoms with Crippen LogP contribution in [0.5, 0.6) is 0 Å². The zero-order chi connectivity index (χ0) is 13.1. The Morgan fingerprint density at radius 3 is 1.75 bits per heavy atom. The van der Waals surface area contributed by atoms with Crippen molar-refractivity contribution in [3.05, 3.63) is 0 Å². The van der Waals surface area contributed by atoms with E-state index in [9.17, 15) is 0 Å². The molecule has 0 aromatic heterocycles. The smallest absolute Gasteiger partial charge is 0.00580 e. The van der Waals surface area contributed by atoms with E-state index in [0.29, 0.717) is 10.5 Å². The van der Waals surface area contributed by atoms with Crippen molar-refractivity contribution in [3.63, 3.8) is 0 Å². The van der Waals surface area contributed by atoms with Gasteiger partial charge in [0, 0.05) is 10.5 Å². The van der Waals surface area contributed by atoms with Gasteiger partial charge in [0.1, 0.15) is 0 Å². The minimum absolute atomic E-state index is 0.594. The van der Waals surface area contributed by atoms with E-state index in [-0.39, 0.29) is 0 Å². The average molecular weight is 265 g/mol. The minimum Gasteiger partial charge on any atom is -0.176 e. The van der Waals surface area contributed by atoms with Crippen LogP contribution in [-0.4, -0.2) is 10.5 Å². The van der Waals surface area contributed by atoms with Gasteiger partial charge in [-0.2, -0.15) is 25.3 Å². The van der Waals surface area contributed by atoms with E-state index in [1.54, 1.807) is 0 Å². The van der Waals surface area contributed by atoms with E-state index in [4.69, 9.17) is 0 Å². The van der Waals surface area contributed by atoms with E-state index < -0.39 is 0 Å². The van der Waals surface area contributed by atoms with Gasteiger partial charge in [0.25, 0.3) is 0 Å². The minimum atomic E-state index is 0.594. The lowest BCUT2D eigenvalue weighted by Crippen LogP contribution is -2.33. The fourth-order valence-electron chi connectivity index (χ4n) is 2.46. The zero-order valence-electron chi connectivity index (χ0n) is 12.0. The summed E-state index contributed by atoms with van der Waals surface area (Å²) in [4.78, 5) is 0. The predicted octanol–water partition coefficient (Wildman–Crippen LogP) is 5.48. The highest BCUT2D eigenvalue weighted by Gasteiger charge is 2.32. The summed E-state index contributed by atoms with van der Waals surface area (Å²) in [5.74, 6) is 1.70. The van der Waals surface area contributed by atoms with Gasteiger partial charge < -0.3 is 0 Å². The molecule has 0 radical (unpaired) electrons. The van der Waals surface area contributed by atoms with Crippen molar-refractivity contribution in [2.24, 2.45) is 11.8 Å². The van der Waals surface area contributed by atoms with E-state index in [2.05, 4.69) is 39.1 Å². The van der Waals surface area contributed by atoms with Gasteiger partial charge in [-0.15, -0.1) is 0 Å². The SMILES string of the molecule is CC.CC.CCC1CC(S)CC(S)C1CC. The Hall–Kier alpha value is 0.700. The van der Waals surface area contributed by atoms with Crippen molar-refractivity contribution in [3.8, 4) is 0 Å². The first-order valence-electron chi connectivity index (χ1n) is 7.05. The molecule has 100 valence electrons. The van der Waals surface area contributed by atoms with Crippen molar-refractivity contribution >= 4 is 25.3 Å². The highest BCUT2D eigenvalue weighted by atomic mass is 32.1. The molecule has 0 nitrogen and oxygen atoms in total. The van der Waals surface area contributed by atoms with Crippen molar-refractivity contribution in [1.82, 2.24) is 0 Å². The molecule has 1 saturated carbocycles. The maximum Gasteiger partial charge on any atom is 0.00580 e. The Kier molecular flexibility index (Phi) is 14.5. The molecule has 4 atom stereocenters. The number of hydrogen-bond acceptors (Lipinski definition) is 2. The number of rotatable bonds is 2. The van der Waals surface area contributed by atoms with Gasteiger partial charge in [-0.25, -0.2) is 0 Å². The van der Waals surface area contributed by atoms with Crippen LogP contribution in [0.1, 0.15) is 67.2 Å². The molecule has 0 heterocycles. The molecule has 0 amide bonds. The molecule has 0 aromatic rings. The maximum atomic E-state index is 4.66. The van der Waals surface area contributed by atoms with Gasteiger partial charge in [0.05, 0.1) is 0 Å². The molecule has 0 N–H and O–H groups in total. The fourth-order valence-corrected chi connectivity index (χ4v) is 3.84. The summed E-state index contributed by atoms with van der Waals surface area (Å²) in [5, 5.41) is 1.19. The van der Waals surface area contributed by atoms with Gasteiger partial charge in [0.2, 0.25) is 0 Å². The summed E-state index contributed by atoms with van der Waals surface area (Å²) in [6.45, 7) is 12.6. The first-order valence-corrected chi connectivity index (χ1v) is 8.08. The maximum absolute atomic E-state index is 4.66. The molecule has 1 fully saturated rings. The molecule has 0 spiro atoms. The molecule has 0 saturated heterocycles. The second kappa shape index (κ2) is 12.2. The Balaban J connectivity index is 0. The summed E-state index contributed by atoms with van der Waals surface area (Å²) in [6, 6.07) is 0. The Bertz CT molecular complexity index is 137. The molecular formula is C14H32S2. The monoisotopic (exact) mass is 264 g/mol. The molecular weight excluding hydrogens is 232 g/mol. The molecule has 1 aliphatic rings. The first kappa shape index (κ1) is 19.0. The quantitative estimate of drug-likeness (QED) is 0.606. The first-order chi connectivity index (χ1) is 7.69. The van der Waals surface area contributed by atoms with Crippen LogP contribution in [0.15, 0.2) is 0 Å². The van der Waals surface area contributed by atoms with Crippen LogP contribution in [0.4, 0.5) is 0 Å². The molecule has 0 bridgehead atoms. The van der Waals surface area contributed by atoms with Crippen molar-refractivity contribution < 1.29 is 0 Å². The van der Waals surface area contributed by atoms with Crippen molar-refractivity contribution in [2.45, 2.75) is 77.7 Å². The Labute approximate surface area is 115 Å². The molecule has 0 aliphatic heterocycles. The van der Waals surface area contributed by atoms with Crippen LogP contribution in [0.25, 0.3) is 0 Å². The van der Waals surface area contributed by atoms with Crippen molar-refractivity contribution in [1.29, 1.82) is 0 Å².